The van der Waals surface area contributed by atoms with Gasteiger partial charge in [0.1, 0.15) is 5.69 Å². The van der Waals surface area contributed by atoms with Crippen LogP contribution in [0.3, 0.4) is 0 Å². The van der Waals surface area contributed by atoms with Crippen molar-refractivity contribution < 1.29 is 10.0 Å². The Morgan fingerprint density at radius 3 is 2.61 bits per heavy atom. The molecule has 0 heterocycles. The number of para-hydroxylation sites is 2. The summed E-state index contributed by atoms with van der Waals surface area (Å²) in [5.74, 6) is 0.368. The highest BCUT2D eigenvalue weighted by Crippen LogP contribution is 2.25. The molecule has 0 spiro atoms. The maximum atomic E-state index is 10.8. The molecule has 1 rings (SSSR count). The van der Waals surface area contributed by atoms with Gasteiger partial charge in [-0.3, -0.25) is 10.1 Å². The summed E-state index contributed by atoms with van der Waals surface area (Å²) in [5, 5.41) is 23.9. The van der Waals surface area contributed by atoms with E-state index in [2.05, 4.69) is 5.32 Å². The van der Waals surface area contributed by atoms with Gasteiger partial charge in [0.15, 0.2) is 0 Å². The Hall–Kier alpha value is -1.62. The molecule has 1 aromatic rings. The molecule has 2 N–H and O–H groups in total. The van der Waals surface area contributed by atoms with Crippen LogP contribution in [0.25, 0.3) is 0 Å². The lowest BCUT2D eigenvalue weighted by molar-refractivity contribution is -0.384. The topological polar surface area (TPSA) is 75.4 Å². The Morgan fingerprint density at radius 1 is 1.44 bits per heavy atom. The minimum atomic E-state index is -0.877. The zero-order valence-corrected chi connectivity index (χ0v) is 11.0. The van der Waals surface area contributed by atoms with Gasteiger partial charge < -0.3 is 10.4 Å². The van der Waals surface area contributed by atoms with E-state index >= 15 is 0 Å². The maximum absolute atomic E-state index is 10.8. The number of hydrogen-bond acceptors (Lipinski definition) is 4. The molecule has 0 fully saturated rings. The molecule has 18 heavy (non-hydrogen) atoms. The quantitative estimate of drug-likeness (QED) is 0.603. The third kappa shape index (κ3) is 4.33. The van der Waals surface area contributed by atoms with E-state index < -0.39 is 10.5 Å². The number of aliphatic hydroxyl groups is 1. The van der Waals surface area contributed by atoms with E-state index in [1.807, 2.05) is 13.8 Å². The lowest BCUT2D eigenvalue weighted by atomic mass is 9.94. The zero-order valence-electron chi connectivity index (χ0n) is 11.0. The van der Waals surface area contributed by atoms with Crippen molar-refractivity contribution in [1.29, 1.82) is 0 Å². The third-order valence-electron chi connectivity index (χ3n) is 2.61. The Kier molecular flexibility index (Phi) is 4.67. The average molecular weight is 252 g/mol. The molecule has 0 aliphatic carbocycles. The van der Waals surface area contributed by atoms with Crippen molar-refractivity contribution in [1.82, 2.24) is 0 Å². The number of anilines is 1. The summed E-state index contributed by atoms with van der Waals surface area (Å²) in [6.45, 7) is 6.07. The monoisotopic (exact) mass is 252 g/mol. The van der Waals surface area contributed by atoms with Gasteiger partial charge in [-0.1, -0.05) is 26.0 Å². The molecule has 0 radical (unpaired) electrons. The molecule has 0 saturated carbocycles. The van der Waals surface area contributed by atoms with Crippen molar-refractivity contribution in [3.05, 3.63) is 34.4 Å². The number of benzene rings is 1. The van der Waals surface area contributed by atoms with Crippen LogP contribution < -0.4 is 5.32 Å². The van der Waals surface area contributed by atoms with Crippen LogP contribution in [0, 0.1) is 16.0 Å². The van der Waals surface area contributed by atoms with Gasteiger partial charge in [-0.25, -0.2) is 0 Å². The fourth-order valence-electron chi connectivity index (χ4n) is 2.02. The zero-order chi connectivity index (χ0) is 13.8. The lowest BCUT2D eigenvalue weighted by Gasteiger charge is -2.26. The van der Waals surface area contributed by atoms with E-state index in [0.717, 1.165) is 0 Å². The SMILES string of the molecule is CC(C)CC(C)(O)CNc1ccccc1[N+](=O)[O-]. The fourth-order valence-corrected chi connectivity index (χ4v) is 2.02. The van der Waals surface area contributed by atoms with Crippen molar-refractivity contribution in [3.8, 4) is 0 Å². The summed E-state index contributed by atoms with van der Waals surface area (Å²) in [4.78, 5) is 10.4. The van der Waals surface area contributed by atoms with E-state index in [0.29, 0.717) is 18.0 Å². The molecule has 0 saturated heterocycles. The Balaban J connectivity index is 2.71. The fraction of sp³-hybridized carbons (Fsp3) is 0.538. The van der Waals surface area contributed by atoms with Crippen LogP contribution in [-0.2, 0) is 0 Å². The smallest absolute Gasteiger partial charge is 0.292 e. The van der Waals surface area contributed by atoms with Crippen LogP contribution in [0.2, 0.25) is 0 Å². The van der Waals surface area contributed by atoms with Crippen molar-refractivity contribution in [2.75, 3.05) is 11.9 Å². The summed E-state index contributed by atoms with van der Waals surface area (Å²) in [7, 11) is 0. The van der Waals surface area contributed by atoms with Gasteiger partial charge in [-0.05, 0) is 25.3 Å². The van der Waals surface area contributed by atoms with E-state index in [1.54, 1.807) is 25.1 Å². The summed E-state index contributed by atoms with van der Waals surface area (Å²) in [6, 6.07) is 6.44. The second kappa shape index (κ2) is 5.82. The van der Waals surface area contributed by atoms with E-state index in [1.165, 1.54) is 6.07 Å². The second-order valence-corrected chi connectivity index (χ2v) is 5.22. The number of hydrogen-bond donors (Lipinski definition) is 2. The summed E-state index contributed by atoms with van der Waals surface area (Å²) >= 11 is 0. The second-order valence-electron chi connectivity index (χ2n) is 5.22. The van der Waals surface area contributed by atoms with Gasteiger partial charge >= 0.3 is 0 Å². The molecule has 0 amide bonds. The van der Waals surface area contributed by atoms with Crippen LogP contribution in [-0.4, -0.2) is 22.2 Å². The van der Waals surface area contributed by atoms with Crippen LogP contribution in [0.4, 0.5) is 11.4 Å². The Bertz CT molecular complexity index is 416. The highest BCUT2D eigenvalue weighted by Gasteiger charge is 2.23. The van der Waals surface area contributed by atoms with Crippen LogP contribution in [0.1, 0.15) is 27.2 Å². The molecule has 0 bridgehead atoms. The van der Waals surface area contributed by atoms with Crippen molar-refractivity contribution in [2.24, 2.45) is 5.92 Å². The molecule has 5 heteroatoms. The van der Waals surface area contributed by atoms with Crippen molar-refractivity contribution >= 4 is 11.4 Å². The summed E-state index contributed by atoms with van der Waals surface area (Å²) in [6.07, 6.45) is 0.640. The number of nitro benzene ring substituents is 1. The van der Waals surface area contributed by atoms with E-state index in [4.69, 9.17) is 0 Å². The Morgan fingerprint density at radius 2 is 2.06 bits per heavy atom. The largest absolute Gasteiger partial charge is 0.388 e. The third-order valence-corrected chi connectivity index (χ3v) is 2.61. The molecule has 1 atom stereocenters. The Labute approximate surface area is 107 Å². The van der Waals surface area contributed by atoms with Gasteiger partial charge in [-0.2, -0.15) is 0 Å². The van der Waals surface area contributed by atoms with Crippen LogP contribution in [0.15, 0.2) is 24.3 Å². The molecular formula is C13H20N2O3. The standard InChI is InChI=1S/C13H20N2O3/c1-10(2)8-13(3,16)9-14-11-6-4-5-7-12(11)15(17)18/h4-7,10,14,16H,8-9H2,1-3H3. The van der Waals surface area contributed by atoms with E-state index in [-0.39, 0.29) is 12.2 Å². The van der Waals surface area contributed by atoms with Crippen LogP contribution in [0.5, 0.6) is 0 Å². The van der Waals surface area contributed by atoms with Gasteiger partial charge in [0.05, 0.1) is 10.5 Å². The summed E-state index contributed by atoms with van der Waals surface area (Å²) < 4.78 is 0. The normalized spacial score (nSPS) is 14.3. The first-order chi connectivity index (χ1) is 8.32. The molecule has 1 aromatic carbocycles. The molecule has 5 nitrogen and oxygen atoms in total. The predicted molar refractivity (Wildman–Crippen MR) is 71.7 cm³/mol. The molecule has 100 valence electrons. The van der Waals surface area contributed by atoms with E-state index in [9.17, 15) is 15.2 Å². The van der Waals surface area contributed by atoms with Crippen molar-refractivity contribution in [2.45, 2.75) is 32.8 Å². The van der Waals surface area contributed by atoms with Gasteiger partial charge in [0.2, 0.25) is 0 Å². The lowest BCUT2D eigenvalue weighted by Crippen LogP contribution is -2.35. The highest BCUT2D eigenvalue weighted by molar-refractivity contribution is 5.61. The average Bonchev–Trinajstić information content (AvgIpc) is 2.25. The first-order valence-corrected chi connectivity index (χ1v) is 6.01. The van der Waals surface area contributed by atoms with Gasteiger partial charge in [-0.15, -0.1) is 0 Å². The van der Waals surface area contributed by atoms with Gasteiger partial charge in [0, 0.05) is 12.6 Å². The number of nitrogens with zero attached hydrogens (tertiary/aromatic N) is 1. The summed E-state index contributed by atoms with van der Waals surface area (Å²) in [5.41, 5.74) is -0.415. The number of rotatable bonds is 6. The predicted octanol–water partition coefficient (Wildman–Crippen LogP) is 2.80. The molecule has 0 aliphatic heterocycles. The maximum Gasteiger partial charge on any atom is 0.292 e. The molecule has 1 unspecified atom stereocenters. The minimum absolute atomic E-state index is 0.0258. The highest BCUT2D eigenvalue weighted by atomic mass is 16.6. The minimum Gasteiger partial charge on any atom is -0.388 e. The number of nitro groups is 1. The number of nitrogens with one attached hydrogen (secondary N) is 1. The first-order valence-electron chi connectivity index (χ1n) is 6.01. The van der Waals surface area contributed by atoms with Crippen LogP contribution >= 0.6 is 0 Å². The first kappa shape index (κ1) is 14.4. The molecule has 0 aromatic heterocycles. The van der Waals surface area contributed by atoms with Gasteiger partial charge in [0.25, 0.3) is 5.69 Å². The van der Waals surface area contributed by atoms with Crippen molar-refractivity contribution in [3.63, 3.8) is 0 Å². The molecule has 0 aliphatic rings. The molecular weight excluding hydrogens is 232 g/mol.